The van der Waals surface area contributed by atoms with E-state index < -0.39 is 5.97 Å². The van der Waals surface area contributed by atoms with Crippen LogP contribution in [0.2, 0.25) is 0 Å². The third-order valence-corrected chi connectivity index (χ3v) is 6.61. The average molecular weight is 558 g/mol. The van der Waals surface area contributed by atoms with E-state index >= 15 is 0 Å². The van der Waals surface area contributed by atoms with Crippen molar-refractivity contribution in [2.75, 3.05) is 56.7 Å². The van der Waals surface area contributed by atoms with Crippen molar-refractivity contribution < 1.29 is 28.6 Å². The van der Waals surface area contributed by atoms with E-state index in [0.717, 1.165) is 11.3 Å². The summed E-state index contributed by atoms with van der Waals surface area (Å²) in [7, 11) is 1.56. The lowest BCUT2D eigenvalue weighted by Gasteiger charge is -2.37. The minimum Gasteiger partial charge on any atom is -0.493 e. The number of nitrogens with zero attached hydrogens (tertiary/aromatic N) is 2. The van der Waals surface area contributed by atoms with Gasteiger partial charge in [0.25, 0.3) is 5.91 Å². The molecule has 0 unspecified atom stereocenters. The van der Waals surface area contributed by atoms with E-state index in [9.17, 15) is 14.4 Å². The van der Waals surface area contributed by atoms with E-state index in [1.54, 1.807) is 50.4 Å². The Morgan fingerprint density at radius 2 is 1.61 bits per heavy atom. The van der Waals surface area contributed by atoms with E-state index in [0.29, 0.717) is 61.1 Å². The maximum absolute atomic E-state index is 13.0. The number of methoxy groups -OCH3 is 1. The number of anilines is 2. The summed E-state index contributed by atoms with van der Waals surface area (Å²) in [6, 6.07) is 19.7. The van der Waals surface area contributed by atoms with Gasteiger partial charge in [-0.05, 0) is 68.0 Å². The Kier molecular flexibility index (Phi) is 9.99. The van der Waals surface area contributed by atoms with Crippen LogP contribution in [0.4, 0.5) is 11.4 Å². The van der Waals surface area contributed by atoms with Gasteiger partial charge in [-0.15, -0.1) is 0 Å². The second-order valence-electron chi connectivity index (χ2n) is 9.26. The molecule has 1 N–H and O–H groups in total. The smallest absolute Gasteiger partial charge is 0.338 e. The van der Waals surface area contributed by atoms with Crippen LogP contribution in [0.15, 0.2) is 72.8 Å². The fraction of sp³-hybridized carbons (Fsp3) is 0.281. The minimum atomic E-state index is -0.468. The molecule has 0 saturated carbocycles. The van der Waals surface area contributed by atoms with Crippen LogP contribution in [0, 0.1) is 0 Å². The van der Waals surface area contributed by atoms with Gasteiger partial charge < -0.3 is 29.3 Å². The Morgan fingerprint density at radius 1 is 0.854 bits per heavy atom. The molecule has 1 aliphatic heterocycles. The van der Waals surface area contributed by atoms with Crippen LogP contribution in [-0.2, 0) is 9.53 Å². The van der Waals surface area contributed by atoms with Crippen LogP contribution >= 0.6 is 0 Å². The van der Waals surface area contributed by atoms with Gasteiger partial charge in [0, 0.05) is 37.8 Å². The zero-order chi connectivity index (χ0) is 29.2. The number of esters is 1. The predicted octanol–water partition coefficient (Wildman–Crippen LogP) is 4.88. The standard InChI is InChI=1S/C32H35N3O6/c1-4-40-28-15-11-23(21-29(28)39-3)12-16-30(36)33-26-22-25(32(38)41-5-2)13-14-27(26)34-17-19-35(20-18-34)31(37)24-9-7-6-8-10-24/h6-16,21-22H,4-5,17-20H2,1-3H3,(H,33,36)/b16-12+. The summed E-state index contributed by atoms with van der Waals surface area (Å²) in [6.45, 7) is 6.59. The predicted molar refractivity (Wildman–Crippen MR) is 159 cm³/mol. The normalized spacial score (nSPS) is 13.1. The Balaban J connectivity index is 1.50. The number of ether oxygens (including phenoxy) is 3. The van der Waals surface area contributed by atoms with E-state index in [2.05, 4.69) is 10.2 Å². The van der Waals surface area contributed by atoms with Gasteiger partial charge >= 0.3 is 5.97 Å². The number of hydrogen-bond donors (Lipinski definition) is 1. The summed E-state index contributed by atoms with van der Waals surface area (Å²) in [5.41, 5.74) is 3.00. The molecule has 0 aliphatic carbocycles. The molecule has 9 heteroatoms. The molecule has 0 aromatic heterocycles. The molecule has 3 aromatic carbocycles. The molecule has 41 heavy (non-hydrogen) atoms. The molecule has 1 aliphatic rings. The molecule has 0 spiro atoms. The highest BCUT2D eigenvalue weighted by Crippen LogP contribution is 2.30. The second kappa shape index (κ2) is 14.0. The number of amides is 2. The number of carbonyl (C=O) groups excluding carboxylic acids is 3. The SMILES string of the molecule is CCOC(=O)c1ccc(N2CCN(C(=O)c3ccccc3)CC2)c(NC(=O)/C=C/c2ccc(OCC)c(OC)c2)c1. The highest BCUT2D eigenvalue weighted by Gasteiger charge is 2.24. The van der Waals surface area contributed by atoms with Crippen molar-refractivity contribution in [3.8, 4) is 11.5 Å². The lowest BCUT2D eigenvalue weighted by Crippen LogP contribution is -2.49. The monoisotopic (exact) mass is 557 g/mol. The van der Waals surface area contributed by atoms with Gasteiger partial charge in [-0.1, -0.05) is 24.3 Å². The second-order valence-corrected chi connectivity index (χ2v) is 9.26. The zero-order valence-electron chi connectivity index (χ0n) is 23.6. The highest BCUT2D eigenvalue weighted by atomic mass is 16.5. The van der Waals surface area contributed by atoms with Crippen molar-refractivity contribution in [2.24, 2.45) is 0 Å². The van der Waals surface area contributed by atoms with Gasteiger partial charge in [0.05, 0.1) is 37.3 Å². The van der Waals surface area contributed by atoms with Gasteiger partial charge in [-0.2, -0.15) is 0 Å². The van der Waals surface area contributed by atoms with Gasteiger partial charge in [-0.25, -0.2) is 4.79 Å². The molecule has 1 fully saturated rings. The first kappa shape index (κ1) is 29.2. The molecule has 214 valence electrons. The summed E-state index contributed by atoms with van der Waals surface area (Å²) in [5.74, 6) is 0.363. The van der Waals surface area contributed by atoms with E-state index in [4.69, 9.17) is 14.2 Å². The first-order valence-electron chi connectivity index (χ1n) is 13.6. The summed E-state index contributed by atoms with van der Waals surface area (Å²) in [4.78, 5) is 42.3. The minimum absolute atomic E-state index is 0.00695. The van der Waals surface area contributed by atoms with Gasteiger partial charge in [0.15, 0.2) is 11.5 Å². The molecule has 9 nitrogen and oxygen atoms in total. The van der Waals surface area contributed by atoms with Crippen LogP contribution in [0.25, 0.3) is 6.08 Å². The molecule has 3 aromatic rings. The van der Waals surface area contributed by atoms with Crippen molar-refractivity contribution >= 4 is 35.2 Å². The maximum atomic E-state index is 13.0. The van der Waals surface area contributed by atoms with Gasteiger partial charge in [-0.3, -0.25) is 9.59 Å². The molecule has 4 rings (SSSR count). The number of hydrogen-bond acceptors (Lipinski definition) is 7. The number of carbonyl (C=O) groups is 3. The van der Waals surface area contributed by atoms with Crippen molar-refractivity contribution in [1.29, 1.82) is 0 Å². The molecule has 0 bridgehead atoms. The van der Waals surface area contributed by atoms with Crippen molar-refractivity contribution in [3.05, 3.63) is 89.5 Å². The lowest BCUT2D eigenvalue weighted by atomic mass is 10.1. The number of piperazine rings is 1. The molecule has 1 heterocycles. The molecular formula is C32H35N3O6. The van der Waals surface area contributed by atoms with Crippen LogP contribution in [0.3, 0.4) is 0 Å². The molecular weight excluding hydrogens is 522 g/mol. The Morgan fingerprint density at radius 3 is 2.29 bits per heavy atom. The van der Waals surface area contributed by atoms with Crippen molar-refractivity contribution in [2.45, 2.75) is 13.8 Å². The number of rotatable bonds is 10. The number of nitrogens with one attached hydrogen (secondary N) is 1. The maximum Gasteiger partial charge on any atom is 0.338 e. The molecule has 2 amide bonds. The van der Waals surface area contributed by atoms with Crippen molar-refractivity contribution in [3.63, 3.8) is 0 Å². The highest BCUT2D eigenvalue weighted by molar-refractivity contribution is 6.05. The summed E-state index contributed by atoms with van der Waals surface area (Å²) >= 11 is 0. The van der Waals surface area contributed by atoms with Crippen LogP contribution in [-0.4, -0.2) is 69.2 Å². The number of benzene rings is 3. The average Bonchev–Trinajstić information content (AvgIpc) is 3.01. The molecule has 0 radical (unpaired) electrons. The first-order valence-corrected chi connectivity index (χ1v) is 13.6. The fourth-order valence-electron chi connectivity index (χ4n) is 4.58. The van der Waals surface area contributed by atoms with Crippen LogP contribution in [0.1, 0.15) is 40.1 Å². The first-order chi connectivity index (χ1) is 19.9. The Bertz CT molecular complexity index is 1400. The topological polar surface area (TPSA) is 97.4 Å². The molecule has 0 atom stereocenters. The van der Waals surface area contributed by atoms with Gasteiger partial charge in [0.2, 0.25) is 5.91 Å². The summed E-state index contributed by atoms with van der Waals surface area (Å²) < 4.78 is 16.1. The zero-order valence-corrected chi connectivity index (χ0v) is 23.6. The summed E-state index contributed by atoms with van der Waals surface area (Å²) in [6.07, 6.45) is 3.10. The molecule has 1 saturated heterocycles. The van der Waals surface area contributed by atoms with Crippen LogP contribution < -0.4 is 19.7 Å². The van der Waals surface area contributed by atoms with E-state index in [1.165, 1.54) is 6.08 Å². The third-order valence-electron chi connectivity index (χ3n) is 6.61. The van der Waals surface area contributed by atoms with E-state index in [1.807, 2.05) is 48.2 Å². The van der Waals surface area contributed by atoms with E-state index in [-0.39, 0.29) is 18.4 Å². The Hall–Kier alpha value is -4.79. The fourth-order valence-corrected chi connectivity index (χ4v) is 4.58. The van der Waals surface area contributed by atoms with Crippen LogP contribution in [0.5, 0.6) is 11.5 Å². The lowest BCUT2D eigenvalue weighted by molar-refractivity contribution is -0.111. The van der Waals surface area contributed by atoms with Crippen molar-refractivity contribution in [1.82, 2.24) is 4.90 Å². The quantitative estimate of drug-likeness (QED) is 0.280. The Labute approximate surface area is 240 Å². The largest absolute Gasteiger partial charge is 0.493 e. The van der Waals surface area contributed by atoms with Gasteiger partial charge in [0.1, 0.15) is 0 Å². The summed E-state index contributed by atoms with van der Waals surface area (Å²) in [5, 5.41) is 2.92. The third kappa shape index (κ3) is 7.45.